The van der Waals surface area contributed by atoms with Crippen molar-refractivity contribution < 1.29 is 9.47 Å². The Balaban J connectivity index is 1.76. The van der Waals surface area contributed by atoms with Gasteiger partial charge < -0.3 is 20.1 Å². The van der Waals surface area contributed by atoms with Crippen molar-refractivity contribution in [1.82, 2.24) is 15.2 Å². The normalized spacial score (nSPS) is 12.7. The van der Waals surface area contributed by atoms with Crippen LogP contribution >= 0.6 is 0 Å². The molecule has 7 nitrogen and oxygen atoms in total. The second-order valence-corrected chi connectivity index (χ2v) is 4.06. The van der Waals surface area contributed by atoms with Gasteiger partial charge in [-0.2, -0.15) is 4.98 Å². The lowest BCUT2D eigenvalue weighted by Gasteiger charge is -2.14. The molecule has 0 radical (unpaired) electrons. The molecular formula is C11H13N5O2. The highest BCUT2D eigenvalue weighted by molar-refractivity contribution is 5.45. The van der Waals surface area contributed by atoms with E-state index in [1.54, 1.807) is 0 Å². The summed E-state index contributed by atoms with van der Waals surface area (Å²) in [5, 5.41) is 6.60. The molecule has 0 amide bonds. The molecule has 0 saturated carbocycles. The van der Waals surface area contributed by atoms with Crippen LogP contribution < -0.4 is 20.1 Å². The summed E-state index contributed by atoms with van der Waals surface area (Å²) in [5.74, 6) is 2.42. The van der Waals surface area contributed by atoms with Crippen molar-refractivity contribution >= 4 is 11.9 Å². The topological polar surface area (TPSA) is 89.3 Å². The zero-order valence-electron chi connectivity index (χ0n) is 9.88. The number of rotatable bonds is 3. The minimum absolute atomic E-state index is 0.284. The number of fused-ring (bicyclic) bond motifs is 1. The maximum absolute atomic E-state index is 5.49. The zero-order valence-corrected chi connectivity index (χ0v) is 9.88. The standard InChI is InChI=1S/C11H13N5O2/c1-16(11-13-10(12)14-15-11)5-7-2-3-8-9(4-7)18-6-17-8/h2-4H,5-6H2,1H3,(H3,12,13,14,15). The average molecular weight is 247 g/mol. The summed E-state index contributed by atoms with van der Waals surface area (Å²) in [7, 11) is 1.90. The smallest absolute Gasteiger partial charge is 0.246 e. The lowest BCUT2D eigenvalue weighted by Crippen LogP contribution is -2.17. The van der Waals surface area contributed by atoms with Gasteiger partial charge in [0, 0.05) is 13.6 Å². The van der Waals surface area contributed by atoms with Gasteiger partial charge in [0.1, 0.15) is 0 Å². The van der Waals surface area contributed by atoms with E-state index in [4.69, 9.17) is 15.2 Å². The number of benzene rings is 1. The summed E-state index contributed by atoms with van der Waals surface area (Å²) in [6.45, 7) is 0.944. The summed E-state index contributed by atoms with van der Waals surface area (Å²) < 4.78 is 10.6. The molecule has 1 aromatic carbocycles. The van der Waals surface area contributed by atoms with Crippen LogP contribution in [0, 0.1) is 0 Å². The Labute approximate surface area is 104 Å². The summed E-state index contributed by atoms with van der Waals surface area (Å²) in [4.78, 5) is 5.95. The highest BCUT2D eigenvalue weighted by atomic mass is 16.7. The molecule has 18 heavy (non-hydrogen) atoms. The quantitative estimate of drug-likeness (QED) is 0.832. The number of anilines is 2. The largest absolute Gasteiger partial charge is 0.454 e. The van der Waals surface area contributed by atoms with Crippen LogP contribution in [0.5, 0.6) is 11.5 Å². The van der Waals surface area contributed by atoms with Crippen LogP contribution in [0.1, 0.15) is 5.56 Å². The Morgan fingerprint density at radius 1 is 1.39 bits per heavy atom. The number of hydrogen-bond acceptors (Lipinski definition) is 6. The molecule has 1 aromatic heterocycles. The molecule has 1 aliphatic rings. The third-order valence-electron chi connectivity index (χ3n) is 2.69. The van der Waals surface area contributed by atoms with Crippen LogP contribution in [0.25, 0.3) is 0 Å². The summed E-state index contributed by atoms with van der Waals surface area (Å²) in [6, 6.07) is 5.84. The van der Waals surface area contributed by atoms with Crippen molar-refractivity contribution in [1.29, 1.82) is 0 Å². The second-order valence-electron chi connectivity index (χ2n) is 4.06. The van der Waals surface area contributed by atoms with Gasteiger partial charge in [-0.15, -0.1) is 5.10 Å². The lowest BCUT2D eigenvalue weighted by molar-refractivity contribution is 0.174. The fourth-order valence-corrected chi connectivity index (χ4v) is 1.82. The third kappa shape index (κ3) is 1.90. The predicted octanol–water partition coefficient (Wildman–Crippen LogP) is 0.752. The maximum Gasteiger partial charge on any atom is 0.246 e. The molecule has 0 atom stereocenters. The molecular weight excluding hydrogens is 234 g/mol. The van der Waals surface area contributed by atoms with E-state index in [9.17, 15) is 0 Å². The number of nitrogens with two attached hydrogens (primary N) is 1. The molecule has 2 aromatic rings. The number of ether oxygens (including phenoxy) is 2. The molecule has 0 aliphatic carbocycles. The molecule has 3 rings (SSSR count). The van der Waals surface area contributed by atoms with Crippen LogP contribution in [-0.4, -0.2) is 29.0 Å². The van der Waals surface area contributed by atoms with E-state index < -0.39 is 0 Å². The van der Waals surface area contributed by atoms with Crippen LogP contribution in [0.4, 0.5) is 11.9 Å². The van der Waals surface area contributed by atoms with E-state index >= 15 is 0 Å². The first kappa shape index (κ1) is 10.7. The zero-order chi connectivity index (χ0) is 12.5. The van der Waals surface area contributed by atoms with E-state index in [0.717, 1.165) is 17.1 Å². The molecule has 0 spiro atoms. The number of nitrogens with zero attached hydrogens (tertiary/aromatic N) is 3. The van der Waals surface area contributed by atoms with Gasteiger partial charge in [-0.3, -0.25) is 0 Å². The first-order chi connectivity index (χ1) is 8.72. The van der Waals surface area contributed by atoms with E-state index in [-0.39, 0.29) is 6.79 Å². The monoisotopic (exact) mass is 247 g/mol. The first-order valence-electron chi connectivity index (χ1n) is 5.50. The van der Waals surface area contributed by atoms with Crippen molar-refractivity contribution in [2.75, 3.05) is 24.5 Å². The van der Waals surface area contributed by atoms with Gasteiger partial charge in [0.15, 0.2) is 11.5 Å². The Morgan fingerprint density at radius 3 is 3.00 bits per heavy atom. The molecule has 0 fully saturated rings. The summed E-state index contributed by atoms with van der Waals surface area (Å²) in [6.07, 6.45) is 0. The predicted molar refractivity (Wildman–Crippen MR) is 65.5 cm³/mol. The Bertz CT molecular complexity index is 568. The minimum Gasteiger partial charge on any atom is -0.454 e. The highest BCUT2D eigenvalue weighted by Crippen LogP contribution is 2.32. The summed E-state index contributed by atoms with van der Waals surface area (Å²) >= 11 is 0. The Hall–Kier alpha value is -2.44. The van der Waals surface area contributed by atoms with Crippen LogP contribution in [-0.2, 0) is 6.54 Å². The van der Waals surface area contributed by atoms with Gasteiger partial charge in [-0.05, 0) is 17.7 Å². The van der Waals surface area contributed by atoms with Gasteiger partial charge in [-0.1, -0.05) is 6.07 Å². The Kier molecular flexibility index (Phi) is 2.44. The SMILES string of the molecule is CN(Cc1ccc2c(c1)OCO2)c1n[nH]c(N)n1. The number of aromatic nitrogens is 3. The van der Waals surface area contributed by atoms with E-state index in [0.29, 0.717) is 18.4 Å². The van der Waals surface area contributed by atoms with Crippen LogP contribution in [0.15, 0.2) is 18.2 Å². The van der Waals surface area contributed by atoms with Crippen molar-refractivity contribution in [3.05, 3.63) is 23.8 Å². The Morgan fingerprint density at radius 2 is 2.22 bits per heavy atom. The number of H-pyrrole nitrogens is 1. The number of nitrogens with one attached hydrogen (secondary N) is 1. The molecule has 0 saturated heterocycles. The van der Waals surface area contributed by atoms with Gasteiger partial charge >= 0.3 is 0 Å². The first-order valence-corrected chi connectivity index (χ1v) is 5.50. The van der Waals surface area contributed by atoms with Crippen LogP contribution in [0.3, 0.4) is 0 Å². The fraction of sp³-hybridized carbons (Fsp3) is 0.273. The highest BCUT2D eigenvalue weighted by Gasteiger charge is 2.14. The van der Waals surface area contributed by atoms with Crippen molar-refractivity contribution in [3.63, 3.8) is 0 Å². The van der Waals surface area contributed by atoms with Crippen molar-refractivity contribution in [3.8, 4) is 11.5 Å². The second kappa shape index (κ2) is 4.10. The van der Waals surface area contributed by atoms with Crippen molar-refractivity contribution in [2.45, 2.75) is 6.54 Å². The summed E-state index contributed by atoms with van der Waals surface area (Å²) in [5.41, 5.74) is 6.58. The van der Waals surface area contributed by atoms with Crippen molar-refractivity contribution in [2.24, 2.45) is 0 Å². The molecule has 3 N–H and O–H groups in total. The molecule has 7 heteroatoms. The average Bonchev–Trinajstić information content (AvgIpc) is 2.96. The van der Waals surface area contributed by atoms with E-state index in [1.807, 2.05) is 30.1 Å². The van der Waals surface area contributed by atoms with Crippen LogP contribution in [0.2, 0.25) is 0 Å². The number of nitrogen functional groups attached to an aromatic ring is 1. The maximum atomic E-state index is 5.49. The van der Waals surface area contributed by atoms with E-state index in [1.165, 1.54) is 0 Å². The number of hydrogen-bond donors (Lipinski definition) is 2. The van der Waals surface area contributed by atoms with E-state index in [2.05, 4.69) is 15.2 Å². The molecule has 0 unspecified atom stereocenters. The fourth-order valence-electron chi connectivity index (χ4n) is 1.82. The molecule has 1 aliphatic heterocycles. The molecule has 0 bridgehead atoms. The van der Waals surface area contributed by atoms with Gasteiger partial charge in [0.05, 0.1) is 0 Å². The van der Waals surface area contributed by atoms with Gasteiger partial charge in [0.2, 0.25) is 18.7 Å². The third-order valence-corrected chi connectivity index (χ3v) is 2.69. The lowest BCUT2D eigenvalue weighted by atomic mass is 10.2. The van der Waals surface area contributed by atoms with Gasteiger partial charge in [0.25, 0.3) is 0 Å². The number of aromatic amines is 1. The van der Waals surface area contributed by atoms with Gasteiger partial charge in [-0.25, -0.2) is 5.10 Å². The molecule has 2 heterocycles. The molecule has 94 valence electrons. The minimum atomic E-state index is 0.284.